The van der Waals surface area contributed by atoms with Crippen molar-refractivity contribution in [3.05, 3.63) is 0 Å². The molecule has 0 radical (unpaired) electrons. The van der Waals surface area contributed by atoms with Crippen LogP contribution in [-0.4, -0.2) is 39.8 Å². The van der Waals surface area contributed by atoms with Gasteiger partial charge in [0.25, 0.3) is 0 Å². The van der Waals surface area contributed by atoms with Crippen molar-refractivity contribution in [2.24, 2.45) is 5.92 Å². The average molecular weight is 228 g/mol. The van der Waals surface area contributed by atoms with E-state index in [9.17, 15) is 15.0 Å². The normalized spacial score (nSPS) is 55.4. The molecule has 4 rings (SSSR count). The monoisotopic (exact) mass is 228 g/mol. The third-order valence-electron chi connectivity index (χ3n) is 4.22. The zero-order valence-corrected chi connectivity index (χ0v) is 9.18. The topological polar surface area (TPSA) is 76.0 Å². The Bertz CT molecular complexity index is 343. The Balaban J connectivity index is 2.07. The van der Waals surface area contributed by atoms with Gasteiger partial charge in [-0.25, -0.2) is 0 Å². The number of aliphatic hydroxyl groups is 2. The fraction of sp³-hybridized carbons (Fsp3) is 0.909. The molecule has 3 aliphatic heterocycles. The van der Waals surface area contributed by atoms with Crippen molar-refractivity contribution in [1.29, 1.82) is 0 Å². The summed E-state index contributed by atoms with van der Waals surface area (Å²) in [6, 6.07) is 0. The molecule has 0 spiro atoms. The second-order valence-corrected chi connectivity index (χ2v) is 4.99. The predicted octanol–water partition coefficient (Wildman–Crippen LogP) is -0.0596. The highest BCUT2D eigenvalue weighted by atomic mass is 16.8. The van der Waals surface area contributed by atoms with Gasteiger partial charge in [-0.3, -0.25) is 4.79 Å². The van der Waals surface area contributed by atoms with Crippen LogP contribution in [0.5, 0.6) is 0 Å². The first-order valence-corrected chi connectivity index (χ1v) is 5.82. The van der Waals surface area contributed by atoms with Crippen LogP contribution in [0, 0.1) is 5.92 Å². The average Bonchev–Trinajstić information content (AvgIpc) is 2.21. The Kier molecular flexibility index (Phi) is 2.02. The molecule has 0 aromatic heterocycles. The maximum atomic E-state index is 11.9. The molecule has 90 valence electrons. The van der Waals surface area contributed by atoms with Gasteiger partial charge in [0.2, 0.25) is 11.4 Å². The highest BCUT2D eigenvalue weighted by Crippen LogP contribution is 2.52. The summed E-state index contributed by atoms with van der Waals surface area (Å²) in [6.07, 6.45) is 0.556. The van der Waals surface area contributed by atoms with Gasteiger partial charge in [-0.15, -0.1) is 0 Å². The molecule has 16 heavy (non-hydrogen) atoms. The Labute approximate surface area is 93.3 Å². The van der Waals surface area contributed by atoms with Crippen LogP contribution >= 0.6 is 0 Å². The van der Waals surface area contributed by atoms with E-state index >= 15 is 0 Å². The summed E-state index contributed by atoms with van der Waals surface area (Å²) < 4.78 is 10.8. The van der Waals surface area contributed by atoms with E-state index in [1.54, 1.807) is 0 Å². The number of Topliss-reactive ketones (excluding diaryl/α,β-unsaturated/α-hetero) is 1. The molecule has 0 amide bonds. The van der Waals surface area contributed by atoms with E-state index in [0.717, 1.165) is 6.42 Å². The lowest BCUT2D eigenvalue weighted by molar-refractivity contribution is -0.446. The first-order valence-electron chi connectivity index (χ1n) is 5.82. The van der Waals surface area contributed by atoms with E-state index in [1.165, 1.54) is 0 Å². The molecule has 5 heteroatoms. The molecule has 3 saturated heterocycles. The molecular formula is C11H16O5. The fourth-order valence-electron chi connectivity index (χ4n) is 3.24. The highest BCUT2D eigenvalue weighted by molar-refractivity contribution is 5.91. The van der Waals surface area contributed by atoms with Crippen LogP contribution in [0.2, 0.25) is 0 Å². The molecule has 5 atom stereocenters. The maximum absolute atomic E-state index is 11.9. The third-order valence-corrected chi connectivity index (χ3v) is 4.22. The van der Waals surface area contributed by atoms with E-state index in [2.05, 4.69) is 0 Å². The first-order chi connectivity index (χ1) is 7.51. The Morgan fingerprint density at radius 2 is 2.25 bits per heavy atom. The number of carbonyl (C=O) groups is 1. The summed E-state index contributed by atoms with van der Waals surface area (Å²) in [7, 11) is 0. The van der Waals surface area contributed by atoms with Crippen LogP contribution in [0.4, 0.5) is 0 Å². The van der Waals surface area contributed by atoms with E-state index in [-0.39, 0.29) is 18.1 Å². The fourth-order valence-corrected chi connectivity index (χ4v) is 3.24. The van der Waals surface area contributed by atoms with Crippen molar-refractivity contribution in [1.82, 2.24) is 0 Å². The molecule has 5 nitrogen and oxygen atoms in total. The molecule has 1 aliphatic carbocycles. The molecule has 4 aliphatic rings. The smallest absolute Gasteiger partial charge is 0.207 e. The number of carbonyl (C=O) groups excluding carboxylic acids is 1. The largest absolute Gasteiger partial charge is 0.375 e. The van der Waals surface area contributed by atoms with Crippen LogP contribution in [0.15, 0.2) is 0 Å². The van der Waals surface area contributed by atoms with Crippen molar-refractivity contribution >= 4 is 5.78 Å². The molecule has 0 unspecified atom stereocenters. The lowest BCUT2D eigenvalue weighted by Gasteiger charge is -2.60. The second kappa shape index (κ2) is 3.04. The Hall–Kier alpha value is -0.490. The van der Waals surface area contributed by atoms with Crippen LogP contribution in [-0.2, 0) is 14.3 Å². The molecule has 0 aromatic rings. The zero-order valence-electron chi connectivity index (χ0n) is 9.18. The predicted molar refractivity (Wildman–Crippen MR) is 52.3 cm³/mol. The maximum Gasteiger partial charge on any atom is 0.207 e. The minimum atomic E-state index is -1.86. The lowest BCUT2D eigenvalue weighted by Crippen LogP contribution is -2.79. The van der Waals surface area contributed by atoms with Crippen molar-refractivity contribution in [3.63, 3.8) is 0 Å². The molecule has 2 N–H and O–H groups in total. The standard InChI is InChI=1S/C11H16O5/c1-2-6-3-4-10(13)11(14)7(12)5-8(16-10)15-9(6)11/h6,8-9,13-14H,2-5H2,1H3/t6-,8+,9-,10+,11-/m0/s1. The number of ether oxygens (including phenoxy) is 2. The number of hydrogen-bond acceptors (Lipinski definition) is 5. The zero-order chi connectivity index (χ0) is 11.6. The molecule has 1 saturated carbocycles. The second-order valence-electron chi connectivity index (χ2n) is 4.99. The van der Waals surface area contributed by atoms with Gasteiger partial charge in [-0.1, -0.05) is 13.3 Å². The van der Waals surface area contributed by atoms with Gasteiger partial charge >= 0.3 is 0 Å². The minimum absolute atomic E-state index is 0.0335. The third kappa shape index (κ3) is 1.02. The number of ketones is 1. The van der Waals surface area contributed by atoms with Crippen molar-refractivity contribution in [2.45, 2.75) is 56.4 Å². The number of hydrogen-bond donors (Lipinski definition) is 2. The van der Waals surface area contributed by atoms with Gasteiger partial charge in [0.15, 0.2) is 12.1 Å². The van der Waals surface area contributed by atoms with Gasteiger partial charge in [0.05, 0.1) is 6.42 Å². The van der Waals surface area contributed by atoms with E-state index in [1.807, 2.05) is 6.92 Å². The number of fused-ring (bicyclic) bond motifs is 1. The Morgan fingerprint density at radius 1 is 1.50 bits per heavy atom. The van der Waals surface area contributed by atoms with Gasteiger partial charge in [0.1, 0.15) is 6.10 Å². The molecular weight excluding hydrogens is 212 g/mol. The van der Waals surface area contributed by atoms with Crippen LogP contribution in [0.25, 0.3) is 0 Å². The van der Waals surface area contributed by atoms with Crippen molar-refractivity contribution < 1.29 is 24.5 Å². The number of rotatable bonds is 1. The summed E-state index contributed by atoms with van der Waals surface area (Å²) in [5.41, 5.74) is -1.86. The quantitative estimate of drug-likeness (QED) is 0.657. The van der Waals surface area contributed by atoms with Gasteiger partial charge in [0, 0.05) is 6.42 Å². The van der Waals surface area contributed by atoms with Gasteiger partial charge in [-0.05, 0) is 12.3 Å². The molecule has 0 aromatic carbocycles. The summed E-state index contributed by atoms with van der Waals surface area (Å²) in [6.45, 7) is 2.00. The highest BCUT2D eigenvalue weighted by Gasteiger charge is 2.72. The molecule has 3 heterocycles. The van der Waals surface area contributed by atoms with Crippen molar-refractivity contribution in [2.75, 3.05) is 0 Å². The van der Waals surface area contributed by atoms with Crippen LogP contribution in [0.1, 0.15) is 32.6 Å². The molecule has 4 fully saturated rings. The van der Waals surface area contributed by atoms with Gasteiger partial charge < -0.3 is 19.7 Å². The molecule has 4 bridgehead atoms. The van der Waals surface area contributed by atoms with E-state index in [4.69, 9.17) is 9.47 Å². The summed E-state index contributed by atoms with van der Waals surface area (Å²) in [5.74, 6) is -1.97. The summed E-state index contributed by atoms with van der Waals surface area (Å²) in [5, 5.41) is 20.7. The summed E-state index contributed by atoms with van der Waals surface area (Å²) in [4.78, 5) is 11.9. The van der Waals surface area contributed by atoms with E-state index < -0.39 is 23.8 Å². The van der Waals surface area contributed by atoms with Gasteiger partial charge in [-0.2, -0.15) is 0 Å². The van der Waals surface area contributed by atoms with Crippen molar-refractivity contribution in [3.8, 4) is 0 Å². The Morgan fingerprint density at radius 3 is 2.94 bits per heavy atom. The van der Waals surface area contributed by atoms with Crippen LogP contribution in [0.3, 0.4) is 0 Å². The first kappa shape index (κ1) is 10.7. The summed E-state index contributed by atoms with van der Waals surface area (Å²) >= 11 is 0. The van der Waals surface area contributed by atoms with Crippen LogP contribution < -0.4 is 0 Å². The SMILES string of the molecule is CC[C@H]1CC[C@@]2(O)O[C@@H]3CC(=O)[C@]2(O)[C@H]1O3. The van der Waals surface area contributed by atoms with E-state index in [0.29, 0.717) is 12.8 Å². The minimum Gasteiger partial charge on any atom is -0.375 e. The lowest BCUT2D eigenvalue weighted by atomic mass is 9.65.